The fourth-order valence-electron chi connectivity index (χ4n) is 3.51. The molecule has 0 spiro atoms. The quantitative estimate of drug-likeness (QED) is 0.516. The van der Waals surface area contributed by atoms with E-state index < -0.39 is 23.8 Å². The maximum absolute atomic E-state index is 14.4. The molecule has 2 atom stereocenters. The Balaban J connectivity index is 1.83. The zero-order valence-corrected chi connectivity index (χ0v) is 17.5. The second-order valence-electron chi connectivity index (χ2n) is 7.09. The lowest BCUT2D eigenvalue weighted by Gasteiger charge is -2.36. The molecular weight excluding hydrogens is 409 g/mol. The third-order valence-corrected chi connectivity index (χ3v) is 5.63. The summed E-state index contributed by atoms with van der Waals surface area (Å²) < 4.78 is 21.0. The van der Waals surface area contributed by atoms with E-state index >= 15 is 0 Å². The third kappa shape index (κ3) is 5.28. The molecule has 1 aliphatic heterocycles. The first-order chi connectivity index (χ1) is 14.4. The molecule has 1 saturated heterocycles. The van der Waals surface area contributed by atoms with Gasteiger partial charge in [-0.25, -0.2) is 9.18 Å². The Morgan fingerprint density at radius 3 is 2.87 bits per heavy atom. The van der Waals surface area contributed by atoms with E-state index in [9.17, 15) is 14.0 Å². The smallest absolute Gasteiger partial charge is 0.327 e. The molecule has 1 aliphatic rings. The molecule has 7 nitrogen and oxygen atoms in total. The number of hydrogen-bond acceptors (Lipinski definition) is 6. The number of carbonyl (C=O) groups excluding carboxylic acids is 1. The molecule has 9 heteroatoms. The summed E-state index contributed by atoms with van der Waals surface area (Å²) in [7, 11) is 1.29. The van der Waals surface area contributed by atoms with Gasteiger partial charge < -0.3 is 9.84 Å². The van der Waals surface area contributed by atoms with E-state index in [4.69, 9.17) is 9.84 Å². The third-order valence-electron chi connectivity index (χ3n) is 5.04. The van der Waals surface area contributed by atoms with Crippen molar-refractivity contribution < 1.29 is 23.8 Å². The zero-order chi connectivity index (χ0) is 21.7. The Morgan fingerprint density at radius 1 is 1.40 bits per heavy atom. The molecule has 0 bridgehead atoms. The minimum atomic E-state index is -0.884. The van der Waals surface area contributed by atoms with Gasteiger partial charge in [0.15, 0.2) is 0 Å². The highest BCUT2D eigenvalue weighted by molar-refractivity contribution is 7.81. The van der Waals surface area contributed by atoms with Crippen LogP contribution in [0, 0.1) is 5.82 Å². The molecular formula is C21H24FN3O4S. The number of nitrogens with zero attached hydrogens (tertiary/aromatic N) is 3. The summed E-state index contributed by atoms with van der Waals surface area (Å²) in [6.07, 6.45) is 4.28. The van der Waals surface area contributed by atoms with Crippen molar-refractivity contribution in [3.05, 3.63) is 59.2 Å². The number of aromatic nitrogens is 2. The van der Waals surface area contributed by atoms with Crippen molar-refractivity contribution in [1.82, 2.24) is 14.7 Å². The van der Waals surface area contributed by atoms with Crippen LogP contribution in [0.5, 0.6) is 0 Å². The number of carboxylic acids is 1. The number of halogens is 1. The summed E-state index contributed by atoms with van der Waals surface area (Å²) in [6.45, 7) is 1.25. The number of ether oxygens (including phenoxy) is 1. The van der Waals surface area contributed by atoms with Crippen molar-refractivity contribution in [1.29, 1.82) is 0 Å². The Kier molecular flexibility index (Phi) is 7.28. The Morgan fingerprint density at radius 2 is 2.17 bits per heavy atom. The molecule has 2 aromatic rings. The highest BCUT2D eigenvalue weighted by Gasteiger charge is 2.34. The Labute approximate surface area is 179 Å². The fourth-order valence-corrected chi connectivity index (χ4v) is 3.79. The van der Waals surface area contributed by atoms with E-state index in [1.54, 1.807) is 35.1 Å². The molecule has 2 unspecified atom stereocenters. The second-order valence-corrected chi connectivity index (χ2v) is 7.71. The first kappa shape index (κ1) is 22.0. The highest BCUT2D eigenvalue weighted by Crippen LogP contribution is 2.31. The lowest BCUT2D eigenvalue weighted by molar-refractivity contribution is -0.147. The van der Waals surface area contributed by atoms with Crippen LogP contribution < -0.4 is 0 Å². The SMILES string of the molecule is COC(=O)C(c1ccccc1F)N1CCC(S)/C(=C/c2ccn(CCC(=O)O)n2)C1. The minimum absolute atomic E-state index is 0.00981. The van der Waals surface area contributed by atoms with Gasteiger partial charge >= 0.3 is 11.9 Å². The second kappa shape index (κ2) is 9.90. The van der Waals surface area contributed by atoms with Crippen LogP contribution in [0.25, 0.3) is 6.08 Å². The molecule has 1 aromatic carbocycles. The lowest BCUT2D eigenvalue weighted by atomic mass is 9.97. The number of piperidine rings is 1. The van der Waals surface area contributed by atoms with Crippen molar-refractivity contribution in [2.75, 3.05) is 20.2 Å². The number of esters is 1. The van der Waals surface area contributed by atoms with Crippen LogP contribution in [0.3, 0.4) is 0 Å². The topological polar surface area (TPSA) is 84.7 Å². The van der Waals surface area contributed by atoms with Gasteiger partial charge in [0.25, 0.3) is 0 Å². The van der Waals surface area contributed by atoms with Crippen LogP contribution >= 0.6 is 12.6 Å². The number of carbonyl (C=O) groups is 2. The molecule has 1 aromatic heterocycles. The predicted molar refractivity (Wildman–Crippen MR) is 113 cm³/mol. The van der Waals surface area contributed by atoms with Crippen LogP contribution in [0.2, 0.25) is 0 Å². The number of carboxylic acid groups (broad SMARTS) is 1. The van der Waals surface area contributed by atoms with Gasteiger partial charge in [-0.2, -0.15) is 17.7 Å². The highest BCUT2D eigenvalue weighted by atomic mass is 32.1. The average molecular weight is 434 g/mol. The summed E-state index contributed by atoms with van der Waals surface area (Å²) >= 11 is 4.66. The van der Waals surface area contributed by atoms with Crippen LogP contribution in [-0.4, -0.2) is 57.2 Å². The van der Waals surface area contributed by atoms with Gasteiger partial charge in [-0.15, -0.1) is 0 Å². The van der Waals surface area contributed by atoms with Crippen molar-refractivity contribution in [3.8, 4) is 0 Å². The lowest BCUT2D eigenvalue weighted by Crippen LogP contribution is -2.42. The van der Waals surface area contributed by atoms with Gasteiger partial charge in [0, 0.05) is 30.1 Å². The van der Waals surface area contributed by atoms with E-state index in [-0.39, 0.29) is 23.8 Å². The summed E-state index contributed by atoms with van der Waals surface area (Å²) in [6, 6.07) is 7.14. The molecule has 3 rings (SSSR count). The Hall–Kier alpha value is -2.65. The number of aryl methyl sites for hydroxylation is 1. The number of aliphatic carboxylic acids is 1. The van der Waals surface area contributed by atoms with E-state index in [2.05, 4.69) is 17.7 Å². The van der Waals surface area contributed by atoms with Crippen LogP contribution in [-0.2, 0) is 20.9 Å². The molecule has 0 saturated carbocycles. The molecule has 0 radical (unpaired) electrons. The van der Waals surface area contributed by atoms with E-state index in [1.807, 2.05) is 11.0 Å². The molecule has 160 valence electrons. The normalized spacial score (nSPS) is 19.6. The van der Waals surface area contributed by atoms with Crippen LogP contribution in [0.15, 0.2) is 42.1 Å². The van der Waals surface area contributed by atoms with E-state index in [0.29, 0.717) is 25.2 Å². The summed E-state index contributed by atoms with van der Waals surface area (Å²) in [5.74, 6) is -1.86. The molecule has 0 amide bonds. The number of likely N-dealkylation sites (tertiary alicyclic amines) is 1. The molecule has 2 heterocycles. The maximum atomic E-state index is 14.4. The number of hydrogen-bond donors (Lipinski definition) is 2. The van der Waals surface area contributed by atoms with Gasteiger partial charge in [-0.3, -0.25) is 14.4 Å². The van der Waals surface area contributed by atoms with Crippen LogP contribution in [0.4, 0.5) is 4.39 Å². The monoisotopic (exact) mass is 433 g/mol. The fraction of sp³-hybridized carbons (Fsp3) is 0.381. The summed E-state index contributed by atoms with van der Waals surface area (Å²) in [5, 5.41) is 13.2. The average Bonchev–Trinajstić information content (AvgIpc) is 3.17. The van der Waals surface area contributed by atoms with Crippen molar-refractivity contribution >= 4 is 30.6 Å². The first-order valence-corrected chi connectivity index (χ1v) is 10.1. The standard InChI is InChI=1S/C21H24FN3O4S/c1-29-21(28)20(16-4-2-3-5-17(16)22)24-9-7-18(30)14(13-24)12-15-6-10-25(23-15)11-8-19(26)27/h2-6,10,12,18,20,30H,7-9,11,13H2,1H3,(H,26,27)/b14-12+. The van der Waals surface area contributed by atoms with Gasteiger partial charge in [0.1, 0.15) is 11.9 Å². The molecule has 1 fully saturated rings. The predicted octanol–water partition coefficient (Wildman–Crippen LogP) is 2.80. The molecule has 0 aliphatic carbocycles. The van der Waals surface area contributed by atoms with Gasteiger partial charge in [-0.1, -0.05) is 18.2 Å². The zero-order valence-electron chi connectivity index (χ0n) is 16.6. The summed E-state index contributed by atoms with van der Waals surface area (Å²) in [5.41, 5.74) is 1.90. The van der Waals surface area contributed by atoms with Crippen LogP contribution in [0.1, 0.15) is 30.1 Å². The van der Waals surface area contributed by atoms with Gasteiger partial charge in [0.2, 0.25) is 0 Å². The molecule has 30 heavy (non-hydrogen) atoms. The number of rotatable bonds is 7. The summed E-state index contributed by atoms with van der Waals surface area (Å²) in [4.78, 5) is 25.1. The van der Waals surface area contributed by atoms with E-state index in [1.165, 1.54) is 13.2 Å². The van der Waals surface area contributed by atoms with Gasteiger partial charge in [-0.05, 0) is 30.2 Å². The van der Waals surface area contributed by atoms with Gasteiger partial charge in [0.05, 0.1) is 25.8 Å². The minimum Gasteiger partial charge on any atom is -0.481 e. The Bertz CT molecular complexity index is 946. The maximum Gasteiger partial charge on any atom is 0.327 e. The van der Waals surface area contributed by atoms with Crippen molar-refractivity contribution in [2.45, 2.75) is 30.7 Å². The number of methoxy groups -OCH3 is 1. The molecule has 1 N–H and O–H groups in total. The largest absolute Gasteiger partial charge is 0.481 e. The number of thiol groups is 1. The first-order valence-electron chi connectivity index (χ1n) is 9.59. The van der Waals surface area contributed by atoms with Crippen molar-refractivity contribution in [3.63, 3.8) is 0 Å². The van der Waals surface area contributed by atoms with E-state index in [0.717, 1.165) is 5.57 Å². The number of benzene rings is 1. The van der Waals surface area contributed by atoms with Crippen molar-refractivity contribution in [2.24, 2.45) is 0 Å².